The van der Waals surface area contributed by atoms with E-state index in [1.165, 1.54) is 27.4 Å². The van der Waals surface area contributed by atoms with Gasteiger partial charge in [0.25, 0.3) is 5.56 Å². The predicted molar refractivity (Wildman–Crippen MR) is 79.5 cm³/mol. The molecule has 0 saturated carbocycles. The summed E-state index contributed by atoms with van der Waals surface area (Å²) in [6, 6.07) is 9.48. The quantitative estimate of drug-likeness (QED) is 0.740. The molecule has 0 saturated heterocycles. The van der Waals surface area contributed by atoms with Crippen LogP contribution in [-0.2, 0) is 13.0 Å². The van der Waals surface area contributed by atoms with Crippen molar-refractivity contribution in [1.29, 1.82) is 0 Å². The molecular formula is C15H14N2O2S. The lowest BCUT2D eigenvalue weighted by Crippen LogP contribution is -2.14. The van der Waals surface area contributed by atoms with E-state index in [2.05, 4.69) is 11.9 Å². The van der Waals surface area contributed by atoms with Gasteiger partial charge in [-0.2, -0.15) is 0 Å². The van der Waals surface area contributed by atoms with Crippen molar-refractivity contribution in [3.63, 3.8) is 0 Å². The van der Waals surface area contributed by atoms with Gasteiger partial charge in [0.15, 0.2) is 4.96 Å². The average Bonchev–Trinajstić information content (AvgIpc) is 2.94. The maximum Gasteiger partial charge on any atom is 0.258 e. The maximum atomic E-state index is 11.8. The zero-order valence-corrected chi connectivity index (χ0v) is 11.9. The number of nitrogens with zero attached hydrogens (tertiary/aromatic N) is 2. The zero-order chi connectivity index (χ0) is 13.9. The van der Waals surface area contributed by atoms with Crippen molar-refractivity contribution in [2.45, 2.75) is 20.0 Å². The third-order valence-corrected chi connectivity index (χ3v) is 3.83. The number of ether oxygens (including phenoxy) is 1. The second-order valence-corrected chi connectivity index (χ2v) is 5.30. The highest BCUT2D eigenvalue weighted by atomic mass is 32.1. The number of hydrogen-bond donors (Lipinski definition) is 0. The number of thiazole rings is 1. The molecule has 3 aromatic rings. The van der Waals surface area contributed by atoms with Crippen LogP contribution in [0.15, 0.2) is 46.7 Å². The summed E-state index contributed by atoms with van der Waals surface area (Å²) in [7, 11) is 0. The van der Waals surface area contributed by atoms with E-state index in [0.29, 0.717) is 17.3 Å². The van der Waals surface area contributed by atoms with Crippen LogP contribution in [0.3, 0.4) is 0 Å². The molecule has 4 nitrogen and oxygen atoms in total. The number of benzene rings is 1. The Bertz CT molecular complexity index is 774. The molecule has 0 unspecified atom stereocenters. The van der Waals surface area contributed by atoms with Crippen LogP contribution in [-0.4, -0.2) is 9.38 Å². The zero-order valence-electron chi connectivity index (χ0n) is 11.1. The molecule has 0 N–H and O–H groups in total. The molecule has 0 spiro atoms. The van der Waals surface area contributed by atoms with Gasteiger partial charge in [-0.1, -0.05) is 19.1 Å². The van der Waals surface area contributed by atoms with Crippen LogP contribution >= 0.6 is 11.3 Å². The van der Waals surface area contributed by atoms with Crippen molar-refractivity contribution in [2.75, 3.05) is 0 Å². The Morgan fingerprint density at radius 1 is 1.30 bits per heavy atom. The summed E-state index contributed by atoms with van der Waals surface area (Å²) in [6.07, 6.45) is 2.73. The van der Waals surface area contributed by atoms with Gasteiger partial charge in [0.2, 0.25) is 0 Å². The van der Waals surface area contributed by atoms with Crippen LogP contribution in [0.4, 0.5) is 0 Å². The fourth-order valence-electron chi connectivity index (χ4n) is 1.94. The molecule has 2 heterocycles. The minimum Gasteiger partial charge on any atom is -0.487 e. The van der Waals surface area contributed by atoms with E-state index >= 15 is 0 Å². The summed E-state index contributed by atoms with van der Waals surface area (Å²) in [6.45, 7) is 2.42. The van der Waals surface area contributed by atoms with Crippen molar-refractivity contribution in [3.05, 3.63) is 63.5 Å². The van der Waals surface area contributed by atoms with E-state index in [4.69, 9.17) is 4.74 Å². The molecular weight excluding hydrogens is 272 g/mol. The molecule has 0 amide bonds. The Morgan fingerprint density at radius 2 is 2.10 bits per heavy atom. The van der Waals surface area contributed by atoms with Gasteiger partial charge in [0, 0.05) is 17.6 Å². The van der Waals surface area contributed by atoms with Crippen LogP contribution in [0, 0.1) is 0 Å². The topological polar surface area (TPSA) is 43.6 Å². The smallest absolute Gasteiger partial charge is 0.258 e. The first kappa shape index (κ1) is 12.9. The SMILES string of the molecule is CCc1ccc(OCc2cc(=O)n3ccsc3n2)cc1. The third-order valence-electron chi connectivity index (χ3n) is 3.07. The van der Waals surface area contributed by atoms with Crippen molar-refractivity contribution < 1.29 is 4.74 Å². The van der Waals surface area contributed by atoms with Crippen molar-refractivity contribution in [2.24, 2.45) is 0 Å². The Kier molecular flexibility index (Phi) is 3.52. The molecule has 1 aromatic carbocycles. The molecule has 0 aliphatic heterocycles. The molecule has 0 atom stereocenters. The molecule has 0 radical (unpaired) electrons. The molecule has 20 heavy (non-hydrogen) atoms. The van der Waals surface area contributed by atoms with E-state index in [1.807, 2.05) is 29.6 Å². The monoisotopic (exact) mass is 286 g/mol. The minimum atomic E-state index is -0.0730. The molecule has 0 aliphatic rings. The van der Waals surface area contributed by atoms with E-state index in [-0.39, 0.29) is 5.56 Å². The minimum absolute atomic E-state index is 0.0730. The molecule has 0 aliphatic carbocycles. The van der Waals surface area contributed by atoms with E-state index < -0.39 is 0 Å². The van der Waals surface area contributed by atoms with Gasteiger partial charge in [0.05, 0.1) is 5.69 Å². The van der Waals surface area contributed by atoms with Crippen molar-refractivity contribution in [1.82, 2.24) is 9.38 Å². The summed E-state index contributed by atoms with van der Waals surface area (Å²) >= 11 is 1.44. The number of fused-ring (bicyclic) bond motifs is 1. The van der Waals surface area contributed by atoms with Crippen LogP contribution in [0.2, 0.25) is 0 Å². The van der Waals surface area contributed by atoms with Crippen LogP contribution in [0.1, 0.15) is 18.2 Å². The lowest BCUT2D eigenvalue weighted by Gasteiger charge is -2.06. The number of aromatic nitrogens is 2. The highest BCUT2D eigenvalue weighted by Crippen LogP contribution is 2.14. The van der Waals surface area contributed by atoms with Gasteiger partial charge in [-0.3, -0.25) is 9.20 Å². The van der Waals surface area contributed by atoms with Gasteiger partial charge in [-0.25, -0.2) is 4.98 Å². The standard InChI is InChI=1S/C15H14N2O2S/c1-2-11-3-5-13(6-4-11)19-10-12-9-14(18)17-7-8-20-15(17)16-12/h3-9H,2,10H2,1H3. The fraction of sp³-hybridized carbons (Fsp3) is 0.200. The Morgan fingerprint density at radius 3 is 2.85 bits per heavy atom. The first-order valence-electron chi connectivity index (χ1n) is 6.44. The summed E-state index contributed by atoms with van der Waals surface area (Å²) in [5, 5.41) is 1.85. The molecule has 0 fully saturated rings. The van der Waals surface area contributed by atoms with E-state index in [1.54, 1.807) is 6.20 Å². The van der Waals surface area contributed by atoms with Gasteiger partial charge < -0.3 is 4.74 Å². The highest BCUT2D eigenvalue weighted by Gasteiger charge is 2.04. The van der Waals surface area contributed by atoms with Gasteiger partial charge >= 0.3 is 0 Å². The number of rotatable bonds is 4. The average molecular weight is 286 g/mol. The third kappa shape index (κ3) is 2.58. The predicted octanol–water partition coefficient (Wildman–Crippen LogP) is 2.90. The van der Waals surface area contributed by atoms with Gasteiger partial charge in [-0.15, -0.1) is 11.3 Å². The molecule has 3 rings (SSSR count). The second-order valence-electron chi connectivity index (χ2n) is 4.43. The highest BCUT2D eigenvalue weighted by molar-refractivity contribution is 7.15. The summed E-state index contributed by atoms with van der Waals surface area (Å²) in [5.41, 5.74) is 1.85. The number of aryl methyl sites for hydroxylation is 1. The molecule has 102 valence electrons. The van der Waals surface area contributed by atoms with Crippen LogP contribution in [0.25, 0.3) is 4.96 Å². The van der Waals surface area contributed by atoms with Crippen molar-refractivity contribution >= 4 is 16.3 Å². The molecule has 5 heteroatoms. The summed E-state index contributed by atoms with van der Waals surface area (Å²) in [5.74, 6) is 0.787. The summed E-state index contributed by atoms with van der Waals surface area (Å²) < 4.78 is 7.20. The normalized spacial score (nSPS) is 10.8. The Hall–Kier alpha value is -2.14. The lowest BCUT2D eigenvalue weighted by atomic mass is 10.2. The lowest BCUT2D eigenvalue weighted by molar-refractivity contribution is 0.301. The molecule has 2 aromatic heterocycles. The Labute approximate surface area is 120 Å². The van der Waals surface area contributed by atoms with Crippen LogP contribution in [0.5, 0.6) is 5.75 Å². The first-order chi connectivity index (χ1) is 9.76. The maximum absolute atomic E-state index is 11.8. The first-order valence-corrected chi connectivity index (χ1v) is 7.32. The second kappa shape index (κ2) is 5.46. The Balaban J connectivity index is 1.77. The largest absolute Gasteiger partial charge is 0.487 e. The fourth-order valence-corrected chi connectivity index (χ4v) is 2.68. The summed E-state index contributed by atoms with van der Waals surface area (Å²) in [4.78, 5) is 16.9. The number of hydrogen-bond acceptors (Lipinski definition) is 4. The van der Waals surface area contributed by atoms with E-state index in [9.17, 15) is 4.79 Å². The van der Waals surface area contributed by atoms with Crippen molar-refractivity contribution in [3.8, 4) is 5.75 Å². The molecule has 0 bridgehead atoms. The van der Waals surface area contributed by atoms with Gasteiger partial charge in [0.1, 0.15) is 12.4 Å². The van der Waals surface area contributed by atoms with Crippen LogP contribution < -0.4 is 10.3 Å². The van der Waals surface area contributed by atoms with Gasteiger partial charge in [-0.05, 0) is 24.1 Å². The van der Waals surface area contributed by atoms with E-state index in [0.717, 1.165) is 12.2 Å².